The van der Waals surface area contributed by atoms with E-state index in [0.717, 1.165) is 38.5 Å². The molecule has 2 amide bonds. The Labute approximate surface area is 207 Å². The summed E-state index contributed by atoms with van der Waals surface area (Å²) in [5.74, 6) is 0.423. The Hall–Kier alpha value is -3.53. The number of ether oxygens (including phenoxy) is 1. The maximum absolute atomic E-state index is 12.3. The number of esters is 1. The fraction of sp³-hybridized carbons (Fsp3) is 0.400. The van der Waals surface area contributed by atoms with Crippen LogP contribution in [-0.4, -0.2) is 27.9 Å². The fourth-order valence-electron chi connectivity index (χ4n) is 4.22. The first-order chi connectivity index (χ1) is 16.9. The number of amides is 2. The van der Waals surface area contributed by atoms with Gasteiger partial charge in [0.25, 0.3) is 5.91 Å². The van der Waals surface area contributed by atoms with E-state index in [4.69, 9.17) is 9.26 Å². The molecule has 35 heavy (non-hydrogen) atoms. The second kappa shape index (κ2) is 11.3. The molecule has 1 fully saturated rings. The molecule has 0 atom stereocenters. The maximum atomic E-state index is 12.3. The summed E-state index contributed by atoms with van der Waals surface area (Å²) >= 11 is 1.36. The van der Waals surface area contributed by atoms with E-state index in [1.165, 1.54) is 18.3 Å². The highest BCUT2D eigenvalue weighted by molar-refractivity contribution is 7.12. The van der Waals surface area contributed by atoms with Crippen molar-refractivity contribution < 1.29 is 23.6 Å². The Bertz CT molecular complexity index is 1150. The molecule has 2 N–H and O–H groups in total. The predicted molar refractivity (Wildman–Crippen MR) is 130 cm³/mol. The van der Waals surface area contributed by atoms with Crippen LogP contribution in [0.5, 0.6) is 5.75 Å². The number of thiophene rings is 1. The topological polar surface area (TPSA) is 123 Å². The Morgan fingerprint density at radius 2 is 1.83 bits per heavy atom. The highest BCUT2D eigenvalue weighted by atomic mass is 32.1. The molecule has 0 bridgehead atoms. The molecule has 10 heteroatoms. The zero-order valence-electron chi connectivity index (χ0n) is 19.5. The Kier molecular flexibility index (Phi) is 7.91. The summed E-state index contributed by atoms with van der Waals surface area (Å²) < 4.78 is 10.8. The summed E-state index contributed by atoms with van der Waals surface area (Å²) in [6.45, 7) is 1.49. The molecule has 0 saturated heterocycles. The molecule has 1 saturated carbocycles. The van der Waals surface area contributed by atoms with Crippen molar-refractivity contribution >= 4 is 34.8 Å². The van der Waals surface area contributed by atoms with Gasteiger partial charge in [0.15, 0.2) is 5.82 Å². The molecule has 9 nitrogen and oxygen atoms in total. The summed E-state index contributed by atoms with van der Waals surface area (Å²) in [6.07, 6.45) is 6.00. The van der Waals surface area contributed by atoms with Gasteiger partial charge in [0, 0.05) is 19.0 Å². The average Bonchev–Trinajstić information content (AvgIpc) is 3.49. The van der Waals surface area contributed by atoms with Crippen LogP contribution < -0.4 is 15.4 Å². The third-order valence-electron chi connectivity index (χ3n) is 5.90. The number of benzene rings is 1. The van der Waals surface area contributed by atoms with E-state index in [1.807, 2.05) is 11.4 Å². The number of nitrogens with zero attached hydrogens (tertiary/aromatic N) is 2. The largest absolute Gasteiger partial charge is 0.427 e. The first-order valence-electron chi connectivity index (χ1n) is 11.7. The molecule has 1 aliphatic rings. The van der Waals surface area contributed by atoms with E-state index in [0.29, 0.717) is 28.0 Å². The normalized spacial score (nSPS) is 15.1. The predicted octanol–water partition coefficient (Wildman–Crippen LogP) is 4.61. The van der Waals surface area contributed by atoms with Crippen LogP contribution in [0.1, 0.15) is 73.3 Å². The number of aromatic nitrogens is 2. The minimum atomic E-state index is -0.620. The number of hydrogen-bond acceptors (Lipinski definition) is 8. The lowest BCUT2D eigenvalue weighted by atomic mass is 9.89. The van der Waals surface area contributed by atoms with Crippen molar-refractivity contribution in [2.24, 2.45) is 0 Å². The van der Waals surface area contributed by atoms with Crippen LogP contribution in [0, 0.1) is 0 Å². The monoisotopic (exact) mass is 496 g/mol. The number of hydrogen-bond donors (Lipinski definition) is 2. The van der Waals surface area contributed by atoms with Gasteiger partial charge in [-0.25, -0.2) is 0 Å². The summed E-state index contributed by atoms with van der Waals surface area (Å²) in [5, 5.41) is 11.8. The van der Waals surface area contributed by atoms with Crippen molar-refractivity contribution in [3.8, 4) is 5.75 Å². The van der Waals surface area contributed by atoms with E-state index in [2.05, 4.69) is 20.8 Å². The van der Waals surface area contributed by atoms with E-state index < -0.39 is 11.5 Å². The van der Waals surface area contributed by atoms with Gasteiger partial charge in [0.2, 0.25) is 11.8 Å². The minimum Gasteiger partial charge on any atom is -0.427 e. The number of carbonyl (C=O) groups is 3. The lowest BCUT2D eigenvalue weighted by molar-refractivity contribution is -0.134. The number of aryl methyl sites for hydroxylation is 1. The van der Waals surface area contributed by atoms with E-state index in [-0.39, 0.29) is 24.7 Å². The van der Waals surface area contributed by atoms with Gasteiger partial charge < -0.3 is 19.9 Å². The van der Waals surface area contributed by atoms with Crippen LogP contribution in [0.4, 0.5) is 5.69 Å². The second-order valence-corrected chi connectivity index (χ2v) is 9.57. The molecule has 0 aliphatic heterocycles. The average molecular weight is 497 g/mol. The highest BCUT2D eigenvalue weighted by Gasteiger charge is 2.38. The Balaban J connectivity index is 1.30. The quantitative estimate of drug-likeness (QED) is 0.265. The van der Waals surface area contributed by atoms with Gasteiger partial charge in [0.05, 0.1) is 11.3 Å². The third-order valence-corrected chi connectivity index (χ3v) is 6.77. The van der Waals surface area contributed by atoms with Crippen LogP contribution >= 0.6 is 11.3 Å². The smallest absolute Gasteiger partial charge is 0.311 e. The number of rotatable bonds is 8. The highest BCUT2D eigenvalue weighted by Crippen LogP contribution is 2.34. The number of carbonyl (C=O) groups excluding carboxylic acids is 3. The van der Waals surface area contributed by atoms with E-state index in [1.54, 1.807) is 30.3 Å². The molecule has 4 rings (SSSR count). The standard InChI is InChI=1S/C25H28N4O5S/c1-17(30)28-25(14-4-2-3-5-15-25)24-27-21(34-29-24)12-13-22(31)33-19-10-8-18(9-11-19)26-23(32)20-7-6-16-35-20/h6-11,16H,2-5,12-15H2,1H3,(H,26,32)(H,28,30). The minimum absolute atomic E-state index is 0.0611. The van der Waals surface area contributed by atoms with Gasteiger partial charge in [0.1, 0.15) is 11.3 Å². The zero-order chi connectivity index (χ0) is 24.7. The molecule has 1 aliphatic carbocycles. The molecule has 2 heterocycles. The van der Waals surface area contributed by atoms with Gasteiger partial charge in [-0.2, -0.15) is 4.98 Å². The SMILES string of the molecule is CC(=O)NC1(c2noc(CCC(=O)Oc3ccc(NC(=O)c4cccs4)cc3)n2)CCCCCC1. The molecule has 0 unspecified atom stereocenters. The lowest BCUT2D eigenvalue weighted by Gasteiger charge is -2.30. The first kappa shape index (κ1) is 24.6. The molecular weight excluding hydrogens is 468 g/mol. The summed E-state index contributed by atoms with van der Waals surface area (Å²) in [6, 6.07) is 10.2. The molecule has 184 valence electrons. The summed E-state index contributed by atoms with van der Waals surface area (Å²) in [7, 11) is 0. The maximum Gasteiger partial charge on any atom is 0.311 e. The second-order valence-electron chi connectivity index (χ2n) is 8.62. The Morgan fingerprint density at radius 3 is 2.49 bits per heavy atom. The molecule has 3 aromatic rings. The van der Waals surface area contributed by atoms with Gasteiger partial charge in [-0.1, -0.05) is 36.9 Å². The summed E-state index contributed by atoms with van der Waals surface area (Å²) in [5.41, 5.74) is -0.0150. The van der Waals surface area contributed by atoms with Crippen LogP contribution in [0.15, 0.2) is 46.3 Å². The molecule has 1 aromatic carbocycles. The van der Waals surface area contributed by atoms with Crippen molar-refractivity contribution in [1.82, 2.24) is 15.5 Å². The molecule has 0 radical (unpaired) electrons. The zero-order valence-corrected chi connectivity index (χ0v) is 20.4. The van der Waals surface area contributed by atoms with Crippen molar-refractivity contribution in [2.45, 2.75) is 63.8 Å². The van der Waals surface area contributed by atoms with Crippen LogP contribution in [0.25, 0.3) is 0 Å². The van der Waals surface area contributed by atoms with Gasteiger partial charge in [-0.05, 0) is 48.6 Å². The van der Waals surface area contributed by atoms with Gasteiger partial charge in [-0.3, -0.25) is 14.4 Å². The number of nitrogens with one attached hydrogen (secondary N) is 2. The molecule has 2 aromatic heterocycles. The first-order valence-corrected chi connectivity index (χ1v) is 12.6. The number of anilines is 1. The van der Waals surface area contributed by atoms with E-state index in [9.17, 15) is 14.4 Å². The third kappa shape index (κ3) is 6.54. The van der Waals surface area contributed by atoms with Crippen molar-refractivity contribution in [1.29, 1.82) is 0 Å². The van der Waals surface area contributed by atoms with Crippen molar-refractivity contribution in [3.63, 3.8) is 0 Å². The van der Waals surface area contributed by atoms with Crippen LogP contribution in [0.3, 0.4) is 0 Å². The van der Waals surface area contributed by atoms with Crippen LogP contribution in [-0.2, 0) is 21.5 Å². The van der Waals surface area contributed by atoms with Gasteiger partial charge >= 0.3 is 5.97 Å². The summed E-state index contributed by atoms with van der Waals surface area (Å²) in [4.78, 5) is 41.4. The van der Waals surface area contributed by atoms with Crippen molar-refractivity contribution in [3.05, 3.63) is 58.4 Å². The van der Waals surface area contributed by atoms with Crippen molar-refractivity contribution in [2.75, 3.05) is 5.32 Å². The lowest BCUT2D eigenvalue weighted by Crippen LogP contribution is -2.45. The fourth-order valence-corrected chi connectivity index (χ4v) is 4.84. The van der Waals surface area contributed by atoms with Gasteiger partial charge in [-0.15, -0.1) is 11.3 Å². The Morgan fingerprint density at radius 1 is 1.09 bits per heavy atom. The molecule has 0 spiro atoms. The van der Waals surface area contributed by atoms with Crippen LogP contribution in [0.2, 0.25) is 0 Å². The van der Waals surface area contributed by atoms with E-state index >= 15 is 0 Å². The molecular formula is C25H28N4O5S.